The summed E-state index contributed by atoms with van der Waals surface area (Å²) < 4.78 is 66.6. The number of rotatable bonds is 3. The molecule has 0 saturated carbocycles. The van der Waals surface area contributed by atoms with E-state index in [-0.39, 0.29) is 4.90 Å². The monoisotopic (exact) mass is 260 g/mol. The summed E-state index contributed by atoms with van der Waals surface area (Å²) in [5, 5.41) is 0. The van der Waals surface area contributed by atoms with Crippen molar-refractivity contribution in [2.45, 2.75) is 17.9 Å². The van der Waals surface area contributed by atoms with Crippen molar-refractivity contribution in [3.8, 4) is 11.5 Å². The summed E-state index contributed by atoms with van der Waals surface area (Å²) in [5.74, 6) is -1.14. The van der Waals surface area contributed by atoms with Gasteiger partial charge in [-0.05, 0) is 12.1 Å². The van der Waals surface area contributed by atoms with Crippen molar-refractivity contribution in [1.29, 1.82) is 0 Å². The Morgan fingerprint density at radius 1 is 1.19 bits per heavy atom. The molecule has 1 aromatic rings. The van der Waals surface area contributed by atoms with Gasteiger partial charge in [0.15, 0.2) is 0 Å². The highest BCUT2D eigenvalue weighted by Gasteiger charge is 2.31. The minimum Gasteiger partial charge on any atom is -0.434 e. The molecule has 0 spiro atoms. The Morgan fingerprint density at radius 3 is 2.31 bits per heavy atom. The second kappa shape index (κ2) is 4.77. The van der Waals surface area contributed by atoms with E-state index in [1.165, 1.54) is 0 Å². The number of benzene rings is 1. The van der Waals surface area contributed by atoms with Gasteiger partial charge in [-0.25, -0.2) is 0 Å². The zero-order chi connectivity index (χ0) is 12.3. The maximum atomic E-state index is 11.9. The molecule has 0 heterocycles. The van der Waals surface area contributed by atoms with Crippen LogP contribution in [0.25, 0.3) is 0 Å². The number of hydrogen-bond donors (Lipinski definition) is 1. The Kier molecular flexibility index (Phi) is 3.84. The maximum absolute atomic E-state index is 11.9. The summed E-state index contributed by atoms with van der Waals surface area (Å²) in [5.41, 5.74) is 0. The molecular weight excluding hydrogens is 255 g/mol. The summed E-state index contributed by atoms with van der Waals surface area (Å²) in [6.07, 6.45) is -4.89. The van der Waals surface area contributed by atoms with Gasteiger partial charge in [0.2, 0.25) is 0 Å². The first-order chi connectivity index (χ1) is 7.28. The highest BCUT2D eigenvalue weighted by molar-refractivity contribution is 7.80. The van der Waals surface area contributed by atoms with E-state index < -0.39 is 24.5 Å². The van der Waals surface area contributed by atoms with Crippen molar-refractivity contribution in [1.82, 2.24) is 0 Å². The van der Waals surface area contributed by atoms with Crippen LogP contribution in [0.1, 0.15) is 0 Å². The second-order valence-corrected chi connectivity index (χ2v) is 3.04. The van der Waals surface area contributed by atoms with Crippen LogP contribution in [-0.2, 0) is 0 Å². The highest BCUT2D eigenvalue weighted by Crippen LogP contribution is 2.31. The van der Waals surface area contributed by atoms with E-state index in [0.717, 1.165) is 12.1 Å². The fraction of sp³-hybridized carbons (Fsp3) is 0.250. The Bertz CT molecular complexity index is 366. The molecule has 0 unspecified atom stereocenters. The number of hydrogen-bond acceptors (Lipinski definition) is 3. The van der Waals surface area contributed by atoms with E-state index in [2.05, 4.69) is 22.1 Å². The molecule has 0 aliphatic carbocycles. The number of ether oxygens (including phenoxy) is 2. The van der Waals surface area contributed by atoms with Crippen LogP contribution in [0.3, 0.4) is 0 Å². The van der Waals surface area contributed by atoms with Crippen molar-refractivity contribution in [3.05, 3.63) is 18.2 Å². The molecule has 0 atom stereocenters. The molecule has 0 amide bonds. The zero-order valence-electron chi connectivity index (χ0n) is 7.46. The van der Waals surface area contributed by atoms with Crippen LogP contribution in [0, 0.1) is 0 Å². The van der Waals surface area contributed by atoms with Gasteiger partial charge in [-0.1, -0.05) is 0 Å². The van der Waals surface area contributed by atoms with Crippen LogP contribution < -0.4 is 9.47 Å². The molecule has 0 fully saturated rings. The molecule has 0 saturated heterocycles. The third-order valence-electron chi connectivity index (χ3n) is 1.38. The molecule has 1 rings (SSSR count). The van der Waals surface area contributed by atoms with E-state index in [9.17, 15) is 22.0 Å². The quantitative estimate of drug-likeness (QED) is 0.662. The average molecular weight is 260 g/mol. The third-order valence-corrected chi connectivity index (χ3v) is 1.75. The van der Waals surface area contributed by atoms with Gasteiger partial charge in [-0.2, -0.15) is 8.78 Å². The summed E-state index contributed by atoms with van der Waals surface area (Å²) in [6, 6.07) is 2.68. The first-order valence-electron chi connectivity index (χ1n) is 3.81. The summed E-state index contributed by atoms with van der Waals surface area (Å²) in [6.45, 7) is -3.15. The van der Waals surface area contributed by atoms with Gasteiger partial charge in [0.1, 0.15) is 11.5 Å². The van der Waals surface area contributed by atoms with Crippen LogP contribution in [0.4, 0.5) is 22.0 Å². The lowest BCUT2D eigenvalue weighted by Gasteiger charge is -2.11. The van der Waals surface area contributed by atoms with Crippen molar-refractivity contribution >= 4 is 12.6 Å². The molecule has 0 radical (unpaired) electrons. The smallest absolute Gasteiger partial charge is 0.434 e. The first-order valence-corrected chi connectivity index (χ1v) is 4.26. The maximum Gasteiger partial charge on any atom is 0.573 e. The normalized spacial score (nSPS) is 11.7. The predicted octanol–water partition coefficient (Wildman–Crippen LogP) is 3.48. The first kappa shape index (κ1) is 12.9. The lowest BCUT2D eigenvalue weighted by Crippen LogP contribution is -2.17. The highest BCUT2D eigenvalue weighted by atomic mass is 32.1. The molecule has 16 heavy (non-hydrogen) atoms. The van der Waals surface area contributed by atoms with Crippen LogP contribution in [0.15, 0.2) is 23.1 Å². The molecule has 90 valence electrons. The number of thiol groups is 1. The van der Waals surface area contributed by atoms with Crippen LogP contribution in [0.2, 0.25) is 0 Å². The largest absolute Gasteiger partial charge is 0.573 e. The van der Waals surface area contributed by atoms with E-state index in [0.29, 0.717) is 6.07 Å². The SMILES string of the molecule is FC(F)Oc1cc(OC(F)(F)F)ccc1S. The molecular formula is C8H5F5O2S. The van der Waals surface area contributed by atoms with Crippen LogP contribution >= 0.6 is 12.6 Å². The molecule has 0 aromatic heterocycles. The van der Waals surface area contributed by atoms with Crippen LogP contribution in [0.5, 0.6) is 11.5 Å². The molecule has 0 bridgehead atoms. The second-order valence-electron chi connectivity index (χ2n) is 2.56. The Labute approximate surface area is 92.4 Å². The average Bonchev–Trinajstić information content (AvgIpc) is 2.07. The molecule has 1 aromatic carbocycles. The van der Waals surface area contributed by atoms with Crippen molar-refractivity contribution in [3.63, 3.8) is 0 Å². The Morgan fingerprint density at radius 2 is 1.81 bits per heavy atom. The van der Waals surface area contributed by atoms with Gasteiger partial charge >= 0.3 is 13.0 Å². The fourth-order valence-electron chi connectivity index (χ4n) is 0.882. The Balaban J connectivity index is 2.89. The summed E-state index contributed by atoms with van der Waals surface area (Å²) in [7, 11) is 0. The fourth-order valence-corrected chi connectivity index (χ4v) is 1.07. The zero-order valence-corrected chi connectivity index (χ0v) is 8.36. The van der Waals surface area contributed by atoms with Gasteiger partial charge in [-0.15, -0.1) is 25.8 Å². The van der Waals surface area contributed by atoms with Crippen molar-refractivity contribution < 1.29 is 31.4 Å². The minimum absolute atomic E-state index is 0.0187. The van der Waals surface area contributed by atoms with E-state index in [1.807, 2.05) is 0 Å². The lowest BCUT2D eigenvalue weighted by molar-refractivity contribution is -0.274. The number of halogens is 5. The molecule has 0 aliphatic heterocycles. The van der Waals surface area contributed by atoms with Crippen molar-refractivity contribution in [2.75, 3.05) is 0 Å². The van der Waals surface area contributed by atoms with Gasteiger partial charge in [0, 0.05) is 11.0 Å². The van der Waals surface area contributed by atoms with E-state index in [4.69, 9.17) is 0 Å². The van der Waals surface area contributed by atoms with Gasteiger partial charge in [0.05, 0.1) is 0 Å². The van der Waals surface area contributed by atoms with Gasteiger partial charge in [0.25, 0.3) is 0 Å². The minimum atomic E-state index is -4.89. The third kappa shape index (κ3) is 4.13. The van der Waals surface area contributed by atoms with Crippen molar-refractivity contribution in [2.24, 2.45) is 0 Å². The molecule has 2 nitrogen and oxygen atoms in total. The predicted molar refractivity (Wildman–Crippen MR) is 47.0 cm³/mol. The Hall–Kier alpha value is -1.18. The molecule has 8 heteroatoms. The van der Waals surface area contributed by atoms with E-state index in [1.54, 1.807) is 0 Å². The van der Waals surface area contributed by atoms with Crippen LogP contribution in [-0.4, -0.2) is 13.0 Å². The summed E-state index contributed by atoms with van der Waals surface area (Å²) in [4.78, 5) is -0.0187. The van der Waals surface area contributed by atoms with Gasteiger partial charge in [-0.3, -0.25) is 0 Å². The van der Waals surface area contributed by atoms with E-state index >= 15 is 0 Å². The summed E-state index contributed by atoms with van der Waals surface area (Å²) >= 11 is 3.74. The molecule has 0 aliphatic rings. The molecule has 0 N–H and O–H groups in total. The standard InChI is InChI=1S/C8H5F5O2S/c9-7(10)14-5-3-4(1-2-6(5)16)15-8(11,12)13/h1-3,7,16H. The lowest BCUT2D eigenvalue weighted by atomic mass is 10.3. The van der Waals surface area contributed by atoms with Gasteiger partial charge < -0.3 is 9.47 Å². The number of alkyl halides is 5. The topological polar surface area (TPSA) is 18.5 Å².